The first-order valence-corrected chi connectivity index (χ1v) is 11.3. The molecule has 2 aromatic rings. The summed E-state index contributed by atoms with van der Waals surface area (Å²) in [6.45, 7) is 1.55. The molecule has 2 amide bonds. The molecule has 2 rings (SSSR count). The Morgan fingerprint density at radius 2 is 1.35 bits per heavy atom. The van der Waals surface area contributed by atoms with E-state index in [1.54, 1.807) is 29.7 Å². The summed E-state index contributed by atoms with van der Waals surface area (Å²) in [6.07, 6.45) is -7.21. The van der Waals surface area contributed by atoms with Gasteiger partial charge < -0.3 is 10.6 Å². The van der Waals surface area contributed by atoms with Gasteiger partial charge in [0.1, 0.15) is 11.6 Å². The van der Waals surface area contributed by atoms with E-state index in [2.05, 4.69) is 82.5 Å². The number of thiol groups is 1. The van der Waals surface area contributed by atoms with Gasteiger partial charge in [-0.2, -0.15) is 26.3 Å². The van der Waals surface area contributed by atoms with Crippen LogP contribution in [0.3, 0.4) is 0 Å². The first-order chi connectivity index (χ1) is 15.6. The van der Waals surface area contributed by atoms with E-state index in [0.717, 1.165) is 0 Å². The minimum atomic E-state index is -4.92. The van der Waals surface area contributed by atoms with Crippen molar-refractivity contribution in [1.82, 2.24) is 9.97 Å². The molecule has 7 nitrogen and oxygen atoms in total. The van der Waals surface area contributed by atoms with Crippen molar-refractivity contribution in [3.05, 3.63) is 44.6 Å². The summed E-state index contributed by atoms with van der Waals surface area (Å²) in [5.74, 6) is -4.27. The number of carbonyl (C=O) groups excluding carboxylic acids is 2. The number of halogens is 9. The molecule has 185 valence electrons. The van der Waals surface area contributed by atoms with E-state index >= 15 is 0 Å². The van der Waals surface area contributed by atoms with Crippen molar-refractivity contribution in [3.8, 4) is 0 Å². The van der Waals surface area contributed by atoms with Crippen LogP contribution in [-0.4, -0.2) is 41.8 Å². The second-order valence-corrected chi connectivity index (χ2v) is 8.26. The van der Waals surface area contributed by atoms with E-state index < -0.39 is 24.2 Å². The fourth-order valence-corrected chi connectivity index (χ4v) is 2.98. The fourth-order valence-electron chi connectivity index (χ4n) is 1.72. The van der Waals surface area contributed by atoms with Crippen molar-refractivity contribution >= 4 is 91.7 Å². The van der Waals surface area contributed by atoms with E-state index in [9.17, 15) is 35.9 Å². The fraction of sp³-hybridized carbons (Fsp3) is 0.250. The Balaban J connectivity index is 0.000000575. The van der Waals surface area contributed by atoms with Gasteiger partial charge in [-0.15, -0.1) is 0 Å². The van der Waals surface area contributed by atoms with E-state index in [0.29, 0.717) is 20.1 Å². The Morgan fingerprint density at radius 3 is 1.74 bits per heavy atom. The minimum absolute atomic E-state index is 0.0967. The molecule has 0 saturated carbocycles. The number of hydrogen-bond acceptors (Lipinski definition) is 6. The van der Waals surface area contributed by atoms with Crippen molar-refractivity contribution in [2.45, 2.75) is 24.6 Å². The molecule has 0 unspecified atom stereocenters. The number of carbonyl (C=O) groups is 2. The van der Waals surface area contributed by atoms with Gasteiger partial charge in [-0.1, -0.05) is 15.9 Å². The van der Waals surface area contributed by atoms with Crippen molar-refractivity contribution in [3.63, 3.8) is 0 Å². The molecular weight excluding hydrogens is 691 g/mol. The van der Waals surface area contributed by atoms with Crippen LogP contribution in [-0.2, 0) is 14.9 Å². The Hall–Kier alpha value is -1.53. The molecule has 0 bridgehead atoms. The number of hydrogen-bond donors (Lipinski definition) is 3. The Kier molecular flexibility index (Phi) is 14.1. The average molecular weight is 703 g/mol. The summed E-state index contributed by atoms with van der Waals surface area (Å²) in [5, 5.41) is 3.67. The number of amides is 2. The maximum atomic E-state index is 12.0. The third-order valence-corrected chi connectivity index (χ3v) is 4.57. The summed E-state index contributed by atoms with van der Waals surface area (Å²) < 4.78 is 75.6. The maximum absolute atomic E-state index is 12.0. The molecule has 0 atom stereocenters. The molecule has 0 aliphatic heterocycles. The first kappa shape index (κ1) is 32.5. The Bertz CT molecular complexity index is 1010. The first-order valence-electron chi connectivity index (χ1n) is 8.19. The molecule has 0 saturated heterocycles. The molecule has 18 heteroatoms. The number of aromatic nitrogens is 2. The predicted molar refractivity (Wildman–Crippen MR) is 128 cm³/mol. The average Bonchev–Trinajstić information content (AvgIpc) is 2.71. The predicted octanol–water partition coefficient (Wildman–Crippen LogP) is 6.08. The molecule has 1 radical (unpaired) electrons. The van der Waals surface area contributed by atoms with Crippen LogP contribution in [0.4, 0.5) is 38.0 Å². The van der Waals surface area contributed by atoms with Gasteiger partial charge in [0, 0.05) is 32.2 Å². The topological polar surface area (TPSA) is 96.3 Å². The monoisotopic (exact) mass is 700 g/mol. The summed E-state index contributed by atoms with van der Waals surface area (Å²) in [7, 11) is 4.34. The van der Waals surface area contributed by atoms with Crippen molar-refractivity contribution < 1.29 is 35.9 Å². The number of anilines is 2. The van der Waals surface area contributed by atoms with E-state index in [1.807, 2.05) is 0 Å². The number of nitrogens with one attached hydrogen (secondary N) is 2. The molecule has 0 aliphatic rings. The summed E-state index contributed by atoms with van der Waals surface area (Å²) >= 11 is 12.5. The van der Waals surface area contributed by atoms with Crippen LogP contribution >= 0.6 is 60.6 Å². The van der Waals surface area contributed by atoms with Crippen LogP contribution in [0.5, 0.6) is 0 Å². The molecule has 2 aromatic heterocycles. The van der Waals surface area contributed by atoms with Crippen LogP contribution in [0.15, 0.2) is 37.8 Å². The standard InChI is InChI=1S/C8H5Br2F3N2O.C8H6BrF3N2O.BHNS/c9-2-4-1-5(10)3-14-6(4)15-7(16)8(11,12)13;1-4-2-5(9)3-13-6(4)14-7(15)8(10,11)12;1-2-3/h1,3H,2H2,(H,14,15,16);2-3H,1H3,(H,13,14,15);3H. The van der Waals surface area contributed by atoms with Crippen LogP contribution in [0.2, 0.25) is 0 Å². The summed E-state index contributed by atoms with van der Waals surface area (Å²) in [6, 6.07) is 3.12. The van der Waals surface area contributed by atoms with Gasteiger partial charge in [0.2, 0.25) is 0 Å². The van der Waals surface area contributed by atoms with E-state index in [4.69, 9.17) is 0 Å². The zero-order valence-corrected chi connectivity index (χ0v) is 22.3. The zero-order valence-electron chi connectivity index (χ0n) is 16.6. The van der Waals surface area contributed by atoms with Gasteiger partial charge in [0.05, 0.1) is 0 Å². The van der Waals surface area contributed by atoms with Crippen molar-refractivity contribution in [2.75, 3.05) is 10.6 Å². The quantitative estimate of drug-likeness (QED) is 0.157. The number of rotatable bonds is 3. The SMILES string of the molecule is Cc1cc(Br)cnc1NC(=O)C(F)(F)F.O=C(Nc1ncc(Br)cc1CBr)C(F)(F)F.[B]=NS. The molecule has 0 aliphatic carbocycles. The summed E-state index contributed by atoms with van der Waals surface area (Å²) in [4.78, 5) is 28.6. The third kappa shape index (κ3) is 12.3. The van der Waals surface area contributed by atoms with Gasteiger partial charge in [-0.3, -0.25) is 9.59 Å². The number of alkyl halides is 7. The molecule has 0 fully saturated rings. The molecule has 0 spiro atoms. The third-order valence-electron chi connectivity index (χ3n) is 3.10. The van der Waals surface area contributed by atoms with Gasteiger partial charge in [0.25, 0.3) is 0 Å². The van der Waals surface area contributed by atoms with Crippen LogP contribution in [0, 0.1) is 6.92 Å². The molecular formula is C16H12BBr3F6N5O2S. The summed E-state index contributed by atoms with van der Waals surface area (Å²) in [5.41, 5.74) is 0.897. The van der Waals surface area contributed by atoms with Crippen molar-refractivity contribution in [1.29, 1.82) is 0 Å². The van der Waals surface area contributed by atoms with Crippen LogP contribution < -0.4 is 10.6 Å². The molecule has 0 aromatic carbocycles. The Morgan fingerprint density at radius 1 is 0.971 bits per heavy atom. The molecule has 2 N–H and O–H groups in total. The van der Waals surface area contributed by atoms with Gasteiger partial charge in [0.15, 0.2) is 0 Å². The second-order valence-electron chi connectivity index (χ2n) is 5.63. The normalized spacial score (nSPS) is 10.6. The van der Waals surface area contributed by atoms with Gasteiger partial charge in [-0.25, -0.2) is 9.97 Å². The molecule has 34 heavy (non-hydrogen) atoms. The second kappa shape index (κ2) is 14.8. The van der Waals surface area contributed by atoms with E-state index in [-0.39, 0.29) is 17.0 Å². The van der Waals surface area contributed by atoms with Crippen LogP contribution in [0.1, 0.15) is 11.1 Å². The zero-order chi connectivity index (χ0) is 26.7. The Labute approximate surface area is 220 Å². The number of aryl methyl sites for hydroxylation is 1. The van der Waals surface area contributed by atoms with E-state index in [1.165, 1.54) is 12.4 Å². The number of pyridine rings is 2. The van der Waals surface area contributed by atoms with Crippen molar-refractivity contribution in [2.24, 2.45) is 4.30 Å². The van der Waals surface area contributed by atoms with Gasteiger partial charge >= 0.3 is 48.9 Å². The van der Waals surface area contributed by atoms with Crippen LogP contribution in [0.25, 0.3) is 0 Å². The van der Waals surface area contributed by atoms with Gasteiger partial charge in [-0.05, 0) is 56.5 Å². The number of nitrogens with zero attached hydrogens (tertiary/aromatic N) is 3. The molecule has 2 heterocycles.